The zero-order chi connectivity index (χ0) is 27.4. The molecule has 2 amide bonds. The van der Waals surface area contributed by atoms with Crippen molar-refractivity contribution in [2.75, 3.05) is 41.4 Å². The Balaban J connectivity index is 1.24. The third kappa shape index (κ3) is 5.11. The topological polar surface area (TPSA) is 102 Å². The summed E-state index contributed by atoms with van der Waals surface area (Å²) < 4.78 is 17.6. The first-order valence-corrected chi connectivity index (χ1v) is 13.4. The van der Waals surface area contributed by atoms with E-state index in [2.05, 4.69) is 20.2 Å². The summed E-state index contributed by atoms with van der Waals surface area (Å²) in [5.74, 6) is 0.689. The van der Waals surface area contributed by atoms with Gasteiger partial charge in [-0.25, -0.2) is 9.78 Å². The van der Waals surface area contributed by atoms with Crippen LogP contribution in [-0.4, -0.2) is 64.7 Å². The molecule has 2 atom stereocenters. The standard InChI is InChI=1S/C28H31ClN6O4/c1-17-12-18(8-10-30-17)24-20(29)13-21-25(33-24)35(19-9-11-34(21)14-19)26(36)32-22-6-5-7-23(31-22)37-15-28(4)16-38-27(2,3)39-28/h5-8,10,12-13,19H,9,11,14-16H2,1-4H3,(H,31,32,36)/t19-,28+/m0/s1. The van der Waals surface area contributed by atoms with Gasteiger partial charge in [0, 0.05) is 36.6 Å². The first-order chi connectivity index (χ1) is 18.6. The van der Waals surface area contributed by atoms with E-state index in [9.17, 15) is 4.79 Å². The van der Waals surface area contributed by atoms with Gasteiger partial charge in [-0.1, -0.05) is 17.7 Å². The lowest BCUT2D eigenvalue weighted by atomic mass is 10.1. The van der Waals surface area contributed by atoms with Crippen molar-refractivity contribution in [2.45, 2.75) is 51.5 Å². The number of carbonyl (C=O) groups is 1. The molecule has 2 bridgehead atoms. The quantitative estimate of drug-likeness (QED) is 0.471. The van der Waals surface area contributed by atoms with Gasteiger partial charge in [0.25, 0.3) is 0 Å². The van der Waals surface area contributed by atoms with E-state index < -0.39 is 11.4 Å². The monoisotopic (exact) mass is 550 g/mol. The van der Waals surface area contributed by atoms with Crippen LogP contribution in [0.1, 0.15) is 32.9 Å². The van der Waals surface area contributed by atoms with Crippen LogP contribution in [0.3, 0.4) is 0 Å². The number of amides is 2. The molecule has 0 saturated carbocycles. The Hall–Kier alpha value is -3.47. The molecule has 11 heteroatoms. The van der Waals surface area contributed by atoms with E-state index in [1.165, 1.54) is 0 Å². The summed E-state index contributed by atoms with van der Waals surface area (Å²) in [4.78, 5) is 31.4. The molecule has 3 aliphatic heterocycles. The Morgan fingerprint density at radius 3 is 2.85 bits per heavy atom. The van der Waals surface area contributed by atoms with Crippen LogP contribution >= 0.6 is 11.6 Å². The highest BCUT2D eigenvalue weighted by atomic mass is 35.5. The fraction of sp³-hybridized carbons (Fsp3) is 0.429. The lowest BCUT2D eigenvalue weighted by Gasteiger charge is -2.36. The number of rotatable bonds is 5. The highest BCUT2D eigenvalue weighted by Gasteiger charge is 2.43. The second kappa shape index (κ2) is 9.62. The van der Waals surface area contributed by atoms with Gasteiger partial charge in [0.1, 0.15) is 18.0 Å². The summed E-state index contributed by atoms with van der Waals surface area (Å²) in [7, 11) is 0. The minimum atomic E-state index is -0.656. The number of fused-ring (bicyclic) bond motifs is 4. The molecule has 0 radical (unpaired) electrons. The van der Waals surface area contributed by atoms with E-state index >= 15 is 0 Å². The van der Waals surface area contributed by atoms with E-state index in [4.69, 9.17) is 30.8 Å². The first kappa shape index (κ1) is 25.8. The second-order valence-corrected chi connectivity index (χ2v) is 11.3. The lowest BCUT2D eigenvalue weighted by Crippen LogP contribution is -2.48. The Morgan fingerprint density at radius 1 is 1.23 bits per heavy atom. The van der Waals surface area contributed by atoms with Crippen LogP contribution in [-0.2, 0) is 9.47 Å². The van der Waals surface area contributed by atoms with E-state index in [1.807, 2.05) is 45.9 Å². The largest absolute Gasteiger partial charge is 0.474 e. The molecule has 10 nitrogen and oxygen atoms in total. The van der Waals surface area contributed by atoms with Gasteiger partial charge >= 0.3 is 6.03 Å². The number of hydrogen-bond acceptors (Lipinski definition) is 8. The summed E-state index contributed by atoms with van der Waals surface area (Å²) >= 11 is 6.69. The van der Waals surface area contributed by atoms with Gasteiger partial charge in [0.05, 0.1) is 29.1 Å². The molecule has 0 spiro atoms. The number of pyridine rings is 3. The molecule has 0 aromatic carbocycles. The van der Waals surface area contributed by atoms with Crippen LogP contribution in [0.5, 0.6) is 5.88 Å². The Kier molecular flexibility index (Phi) is 6.36. The van der Waals surface area contributed by atoms with Gasteiger partial charge in [-0.3, -0.25) is 15.2 Å². The summed E-state index contributed by atoms with van der Waals surface area (Å²) in [6, 6.07) is 10.7. The third-order valence-corrected chi connectivity index (χ3v) is 7.41. The smallest absolute Gasteiger partial charge is 0.329 e. The summed E-state index contributed by atoms with van der Waals surface area (Å²) in [6.45, 7) is 9.84. The molecule has 3 aromatic rings. The Bertz CT molecular complexity index is 1430. The minimum absolute atomic E-state index is 0.0135. The fourth-order valence-electron chi connectivity index (χ4n) is 5.39. The number of carbonyl (C=O) groups excluding carboxylic acids is 1. The van der Waals surface area contributed by atoms with Crippen molar-refractivity contribution >= 4 is 35.0 Å². The number of nitrogens with one attached hydrogen (secondary N) is 1. The molecule has 0 aliphatic carbocycles. The number of nitrogens with zero attached hydrogens (tertiary/aromatic N) is 5. The van der Waals surface area contributed by atoms with Gasteiger partial charge in [-0.2, -0.15) is 4.98 Å². The molecule has 204 valence electrons. The van der Waals surface area contributed by atoms with Crippen LogP contribution in [0.15, 0.2) is 42.6 Å². The SMILES string of the molecule is Cc1cc(-c2nc3c(cc2Cl)N2CC[C@@H](C2)N3C(=O)Nc2cccc(OC[C@]3(C)COC(C)(C)O3)n2)ccn1. The van der Waals surface area contributed by atoms with Crippen molar-refractivity contribution in [3.63, 3.8) is 0 Å². The normalized spacial score (nSPS) is 23.1. The molecule has 0 unspecified atom stereocenters. The molecule has 6 heterocycles. The molecule has 39 heavy (non-hydrogen) atoms. The number of urea groups is 1. The van der Waals surface area contributed by atoms with Crippen molar-refractivity contribution in [2.24, 2.45) is 0 Å². The van der Waals surface area contributed by atoms with Gasteiger partial charge in [-0.15, -0.1) is 0 Å². The maximum atomic E-state index is 13.7. The maximum absolute atomic E-state index is 13.7. The van der Waals surface area contributed by atoms with Crippen molar-refractivity contribution in [1.29, 1.82) is 0 Å². The minimum Gasteiger partial charge on any atom is -0.474 e. The molecule has 6 rings (SSSR count). The van der Waals surface area contributed by atoms with Crippen molar-refractivity contribution in [3.8, 4) is 17.1 Å². The first-order valence-electron chi connectivity index (χ1n) is 13.0. The molecule has 2 fully saturated rings. The predicted molar refractivity (Wildman–Crippen MR) is 149 cm³/mol. The molecular formula is C28H31ClN6O4. The maximum Gasteiger partial charge on any atom is 0.329 e. The number of anilines is 3. The zero-order valence-electron chi connectivity index (χ0n) is 22.4. The number of hydrogen-bond donors (Lipinski definition) is 1. The lowest BCUT2D eigenvalue weighted by molar-refractivity contribution is -0.163. The number of ether oxygens (including phenoxy) is 3. The van der Waals surface area contributed by atoms with Crippen molar-refractivity contribution in [3.05, 3.63) is 53.3 Å². The second-order valence-electron chi connectivity index (χ2n) is 10.9. The van der Waals surface area contributed by atoms with Crippen LogP contribution in [0, 0.1) is 6.92 Å². The summed E-state index contributed by atoms with van der Waals surface area (Å²) in [5.41, 5.74) is 2.58. The highest BCUT2D eigenvalue weighted by molar-refractivity contribution is 6.33. The molecular weight excluding hydrogens is 520 g/mol. The molecule has 3 aliphatic rings. The van der Waals surface area contributed by atoms with Crippen LogP contribution in [0.25, 0.3) is 11.3 Å². The number of aromatic nitrogens is 3. The van der Waals surface area contributed by atoms with E-state index in [1.54, 1.807) is 29.3 Å². The van der Waals surface area contributed by atoms with Crippen LogP contribution < -0.4 is 19.9 Å². The Labute approximate surface area is 232 Å². The van der Waals surface area contributed by atoms with E-state index in [0.717, 1.165) is 36.5 Å². The molecule has 3 aromatic heterocycles. The Morgan fingerprint density at radius 2 is 2.08 bits per heavy atom. The predicted octanol–water partition coefficient (Wildman–Crippen LogP) is 5.05. The fourth-order valence-corrected chi connectivity index (χ4v) is 5.65. The van der Waals surface area contributed by atoms with Gasteiger partial charge in [0.2, 0.25) is 5.88 Å². The number of aryl methyl sites for hydroxylation is 1. The average molecular weight is 551 g/mol. The average Bonchev–Trinajstić information content (AvgIpc) is 3.44. The van der Waals surface area contributed by atoms with Crippen LogP contribution in [0.2, 0.25) is 5.02 Å². The number of halogens is 1. The van der Waals surface area contributed by atoms with E-state index in [0.29, 0.717) is 34.8 Å². The van der Waals surface area contributed by atoms with Gasteiger partial charge in [-0.05, 0) is 58.4 Å². The third-order valence-electron chi connectivity index (χ3n) is 7.12. The van der Waals surface area contributed by atoms with Crippen LogP contribution in [0.4, 0.5) is 22.1 Å². The van der Waals surface area contributed by atoms with E-state index in [-0.39, 0.29) is 18.7 Å². The van der Waals surface area contributed by atoms with Crippen molar-refractivity contribution in [1.82, 2.24) is 15.0 Å². The van der Waals surface area contributed by atoms with Gasteiger partial charge < -0.3 is 19.1 Å². The van der Waals surface area contributed by atoms with Crippen molar-refractivity contribution < 1.29 is 19.0 Å². The summed E-state index contributed by atoms with van der Waals surface area (Å²) in [6.07, 6.45) is 2.56. The summed E-state index contributed by atoms with van der Waals surface area (Å²) in [5, 5.41) is 3.48. The molecule has 2 saturated heterocycles. The molecule has 1 N–H and O–H groups in total. The van der Waals surface area contributed by atoms with Gasteiger partial charge in [0.15, 0.2) is 11.6 Å². The highest BCUT2D eigenvalue weighted by Crippen LogP contribution is 2.43. The zero-order valence-corrected chi connectivity index (χ0v) is 23.2.